The van der Waals surface area contributed by atoms with Crippen LogP contribution in [-0.4, -0.2) is 51.7 Å². The van der Waals surface area contributed by atoms with Crippen molar-refractivity contribution in [1.82, 2.24) is 25.6 Å². The molecule has 0 bridgehead atoms. The number of carbonyl (C=O) groups is 1. The Labute approximate surface area is 171 Å². The van der Waals surface area contributed by atoms with Gasteiger partial charge in [-0.1, -0.05) is 17.3 Å². The summed E-state index contributed by atoms with van der Waals surface area (Å²) in [6, 6.07) is 7.48. The van der Waals surface area contributed by atoms with Crippen LogP contribution in [0.2, 0.25) is 0 Å². The maximum absolute atomic E-state index is 12.3. The summed E-state index contributed by atoms with van der Waals surface area (Å²) in [6.07, 6.45) is 2.91. The van der Waals surface area contributed by atoms with Crippen molar-refractivity contribution in [2.75, 3.05) is 19.6 Å². The number of rotatable bonds is 7. The molecular formula is C19H28ClN5O3. The summed E-state index contributed by atoms with van der Waals surface area (Å²) in [5.74, 6) is 0.411. The topological polar surface area (TPSA) is 101 Å². The predicted octanol–water partition coefficient (Wildman–Crippen LogP) is 1.87. The van der Waals surface area contributed by atoms with E-state index >= 15 is 0 Å². The third-order valence-corrected chi connectivity index (χ3v) is 4.52. The normalized spacial score (nSPS) is 15.7. The van der Waals surface area contributed by atoms with Gasteiger partial charge in [0.1, 0.15) is 5.75 Å². The van der Waals surface area contributed by atoms with E-state index in [-0.39, 0.29) is 42.7 Å². The first-order chi connectivity index (χ1) is 13.0. The summed E-state index contributed by atoms with van der Waals surface area (Å²) in [6.45, 7) is 5.90. The number of hydrogen-bond donors (Lipinski definition) is 3. The zero-order valence-corrected chi connectivity index (χ0v) is 17.0. The Morgan fingerprint density at radius 3 is 2.64 bits per heavy atom. The van der Waals surface area contributed by atoms with Gasteiger partial charge in [-0.2, -0.15) is 0 Å². The molecule has 2 aromatic rings. The number of aromatic nitrogens is 3. The van der Waals surface area contributed by atoms with Crippen LogP contribution < -0.4 is 15.4 Å². The number of nitrogens with one attached hydrogen (secondary N) is 2. The first kappa shape index (κ1) is 22.1. The van der Waals surface area contributed by atoms with Crippen LogP contribution in [0.3, 0.4) is 0 Å². The van der Waals surface area contributed by atoms with E-state index in [1.807, 2.05) is 26.0 Å². The number of halogens is 1. The second-order valence-corrected chi connectivity index (χ2v) is 7.03. The van der Waals surface area contributed by atoms with Gasteiger partial charge in [-0.3, -0.25) is 4.79 Å². The number of hydrogen-bond acceptors (Lipinski definition) is 6. The molecule has 3 N–H and O–H groups in total. The minimum atomic E-state index is -0.804. The molecule has 3 rings (SSSR count). The lowest BCUT2D eigenvalue weighted by Crippen LogP contribution is -2.30. The van der Waals surface area contributed by atoms with Crippen molar-refractivity contribution in [1.29, 1.82) is 0 Å². The molecule has 1 aromatic heterocycles. The molecule has 28 heavy (non-hydrogen) atoms. The minimum Gasteiger partial charge on any atom is -0.491 e. The van der Waals surface area contributed by atoms with Crippen molar-refractivity contribution in [2.45, 2.75) is 44.9 Å². The summed E-state index contributed by atoms with van der Waals surface area (Å²) >= 11 is 0. The Morgan fingerprint density at radius 1 is 1.32 bits per heavy atom. The van der Waals surface area contributed by atoms with Crippen LogP contribution in [0.1, 0.15) is 54.9 Å². The molecule has 154 valence electrons. The standard InChI is InChI=1S/C19H27N5O3.ClH/c1-13(2)27-16-5-3-14(4-6-16)18(25)11-21-19(26)17-12-24(23-22-17)15-7-9-20-10-8-15;/h3-6,12-13,15,18,20,25H,7-11H2,1-2H3,(H,21,26);1H. The van der Waals surface area contributed by atoms with E-state index in [1.165, 1.54) is 0 Å². The minimum absolute atomic E-state index is 0. The Kier molecular flexibility index (Phi) is 8.22. The molecule has 0 saturated carbocycles. The number of nitrogens with zero attached hydrogens (tertiary/aromatic N) is 3. The van der Waals surface area contributed by atoms with Crippen LogP contribution >= 0.6 is 12.4 Å². The molecule has 2 heterocycles. The van der Waals surface area contributed by atoms with E-state index < -0.39 is 6.10 Å². The van der Waals surface area contributed by atoms with Gasteiger partial charge in [0.25, 0.3) is 5.91 Å². The molecule has 1 saturated heterocycles. The van der Waals surface area contributed by atoms with Crippen molar-refractivity contribution in [3.05, 3.63) is 41.7 Å². The van der Waals surface area contributed by atoms with Gasteiger partial charge in [0, 0.05) is 6.54 Å². The van der Waals surface area contributed by atoms with Crippen molar-refractivity contribution in [3.63, 3.8) is 0 Å². The average Bonchev–Trinajstić information content (AvgIpc) is 3.17. The van der Waals surface area contributed by atoms with Gasteiger partial charge in [0.2, 0.25) is 0 Å². The van der Waals surface area contributed by atoms with Crippen molar-refractivity contribution in [3.8, 4) is 5.75 Å². The Morgan fingerprint density at radius 2 is 2.00 bits per heavy atom. The third kappa shape index (κ3) is 5.92. The highest BCUT2D eigenvalue weighted by atomic mass is 35.5. The fourth-order valence-corrected chi connectivity index (χ4v) is 3.07. The van der Waals surface area contributed by atoms with Crippen LogP contribution in [0.15, 0.2) is 30.5 Å². The smallest absolute Gasteiger partial charge is 0.273 e. The quantitative estimate of drug-likeness (QED) is 0.645. The van der Waals surface area contributed by atoms with E-state index in [9.17, 15) is 9.90 Å². The average molecular weight is 410 g/mol. The predicted molar refractivity (Wildman–Crippen MR) is 108 cm³/mol. The maximum Gasteiger partial charge on any atom is 0.273 e. The maximum atomic E-state index is 12.3. The lowest BCUT2D eigenvalue weighted by molar-refractivity contribution is 0.0911. The van der Waals surface area contributed by atoms with Crippen LogP contribution in [-0.2, 0) is 0 Å². The number of piperidine rings is 1. The number of carbonyl (C=O) groups excluding carboxylic acids is 1. The number of aliphatic hydroxyl groups is 1. The molecule has 1 aliphatic rings. The van der Waals surface area contributed by atoms with Gasteiger partial charge < -0.3 is 20.5 Å². The SMILES string of the molecule is CC(C)Oc1ccc(C(O)CNC(=O)c2cn(C3CCNCC3)nn2)cc1.Cl. The molecular weight excluding hydrogens is 382 g/mol. The summed E-state index contributed by atoms with van der Waals surface area (Å²) in [4.78, 5) is 12.3. The van der Waals surface area contributed by atoms with E-state index in [1.54, 1.807) is 23.0 Å². The van der Waals surface area contributed by atoms with E-state index in [4.69, 9.17) is 4.74 Å². The molecule has 1 fully saturated rings. The number of aliphatic hydroxyl groups excluding tert-OH is 1. The zero-order valence-electron chi connectivity index (χ0n) is 16.2. The number of amides is 1. The van der Waals surface area contributed by atoms with Gasteiger partial charge in [-0.05, 0) is 57.5 Å². The molecule has 0 radical (unpaired) electrons. The van der Waals surface area contributed by atoms with Crippen LogP contribution in [0.4, 0.5) is 0 Å². The van der Waals surface area contributed by atoms with Gasteiger partial charge in [0.15, 0.2) is 5.69 Å². The highest BCUT2D eigenvalue weighted by Gasteiger charge is 2.19. The van der Waals surface area contributed by atoms with Crippen LogP contribution in [0.25, 0.3) is 0 Å². The molecule has 0 aliphatic carbocycles. The van der Waals surface area contributed by atoms with E-state index in [2.05, 4.69) is 20.9 Å². The highest BCUT2D eigenvalue weighted by Crippen LogP contribution is 2.19. The van der Waals surface area contributed by atoms with E-state index in [0.29, 0.717) is 5.56 Å². The van der Waals surface area contributed by atoms with E-state index in [0.717, 1.165) is 31.7 Å². The highest BCUT2D eigenvalue weighted by molar-refractivity contribution is 5.91. The van der Waals surface area contributed by atoms with Gasteiger partial charge in [-0.15, -0.1) is 17.5 Å². The summed E-state index contributed by atoms with van der Waals surface area (Å²) in [5.41, 5.74) is 0.978. The molecule has 1 atom stereocenters. The van der Waals surface area contributed by atoms with Crippen molar-refractivity contribution < 1.29 is 14.6 Å². The van der Waals surface area contributed by atoms with Crippen molar-refractivity contribution >= 4 is 18.3 Å². The van der Waals surface area contributed by atoms with Gasteiger partial charge in [-0.25, -0.2) is 4.68 Å². The molecule has 1 aliphatic heterocycles. The second-order valence-electron chi connectivity index (χ2n) is 7.03. The summed E-state index contributed by atoms with van der Waals surface area (Å²) in [5, 5.41) is 24.3. The lowest BCUT2D eigenvalue weighted by Gasteiger charge is -2.22. The molecule has 9 heteroatoms. The molecule has 1 unspecified atom stereocenters. The number of ether oxygens (including phenoxy) is 1. The Balaban J connectivity index is 0.00000280. The first-order valence-corrected chi connectivity index (χ1v) is 9.38. The number of benzene rings is 1. The fourth-order valence-electron chi connectivity index (χ4n) is 3.07. The summed E-state index contributed by atoms with van der Waals surface area (Å²) < 4.78 is 7.35. The largest absolute Gasteiger partial charge is 0.491 e. The summed E-state index contributed by atoms with van der Waals surface area (Å²) in [7, 11) is 0. The Bertz CT molecular complexity index is 744. The van der Waals surface area contributed by atoms with Gasteiger partial charge in [0.05, 0.1) is 24.4 Å². The monoisotopic (exact) mass is 409 g/mol. The third-order valence-electron chi connectivity index (χ3n) is 4.52. The van der Waals surface area contributed by atoms with Crippen LogP contribution in [0, 0.1) is 0 Å². The molecule has 1 amide bonds. The van der Waals surface area contributed by atoms with Crippen molar-refractivity contribution in [2.24, 2.45) is 0 Å². The molecule has 1 aromatic carbocycles. The Hall–Kier alpha value is -2.16. The van der Waals surface area contributed by atoms with Gasteiger partial charge >= 0.3 is 0 Å². The molecule has 8 nitrogen and oxygen atoms in total. The zero-order chi connectivity index (χ0) is 19.2. The first-order valence-electron chi connectivity index (χ1n) is 9.38. The second kappa shape index (κ2) is 10.4. The van der Waals surface area contributed by atoms with Crippen LogP contribution in [0.5, 0.6) is 5.75 Å². The lowest BCUT2D eigenvalue weighted by atomic mass is 10.1. The molecule has 0 spiro atoms. The fraction of sp³-hybridized carbons (Fsp3) is 0.526.